The molecule has 0 radical (unpaired) electrons. The van der Waals surface area contributed by atoms with Gasteiger partial charge in [-0.2, -0.15) is 0 Å². The average Bonchev–Trinajstić information content (AvgIpc) is 2.62. The van der Waals surface area contributed by atoms with Crippen LogP contribution in [-0.2, 0) is 6.54 Å². The lowest BCUT2D eigenvalue weighted by Gasteiger charge is -2.03. The van der Waals surface area contributed by atoms with Gasteiger partial charge in [0.2, 0.25) is 0 Å². The van der Waals surface area contributed by atoms with E-state index in [1.807, 2.05) is 6.92 Å². The maximum Gasteiger partial charge on any atom is 0.433 e. The first-order valence-electron chi connectivity index (χ1n) is 4.06. The number of nitrogens with one attached hydrogen (secondary N) is 1. The van der Waals surface area contributed by atoms with Gasteiger partial charge in [-0.15, -0.1) is 6.42 Å². The van der Waals surface area contributed by atoms with E-state index in [9.17, 15) is 10.1 Å². The lowest BCUT2D eigenvalue weighted by molar-refractivity contribution is -0.402. The number of rotatable bonds is 4. The monoisotopic (exact) mass is 194 g/mol. The largest absolute Gasteiger partial charge is 0.433 e. The molecule has 0 spiro atoms. The van der Waals surface area contributed by atoms with Gasteiger partial charge in [0.15, 0.2) is 0 Å². The van der Waals surface area contributed by atoms with Crippen LogP contribution in [0.5, 0.6) is 0 Å². The lowest BCUT2D eigenvalue weighted by Crippen LogP contribution is -2.23. The second kappa shape index (κ2) is 4.44. The number of nitro groups is 1. The molecule has 0 bridgehead atoms. The summed E-state index contributed by atoms with van der Waals surface area (Å²) in [6.07, 6.45) is 5.14. The van der Waals surface area contributed by atoms with Crippen molar-refractivity contribution in [2.75, 3.05) is 0 Å². The van der Waals surface area contributed by atoms with Crippen molar-refractivity contribution in [3.8, 4) is 12.3 Å². The Balaban J connectivity index is 2.53. The fourth-order valence-electron chi connectivity index (χ4n) is 0.872. The molecule has 1 atom stereocenters. The van der Waals surface area contributed by atoms with Crippen LogP contribution in [0, 0.1) is 22.5 Å². The van der Waals surface area contributed by atoms with E-state index >= 15 is 0 Å². The third kappa shape index (κ3) is 2.61. The van der Waals surface area contributed by atoms with Crippen LogP contribution in [0.25, 0.3) is 0 Å². The fourth-order valence-corrected chi connectivity index (χ4v) is 0.872. The summed E-state index contributed by atoms with van der Waals surface area (Å²) < 4.78 is 4.91. The SMILES string of the molecule is C#CC(C)NCc1ccc([N+](=O)[O-])o1. The van der Waals surface area contributed by atoms with Crippen LogP contribution in [0.4, 0.5) is 5.88 Å². The second-order valence-corrected chi connectivity index (χ2v) is 2.77. The summed E-state index contributed by atoms with van der Waals surface area (Å²) in [6.45, 7) is 2.20. The Bertz CT molecular complexity index is 364. The standard InChI is InChI=1S/C9H10N2O3/c1-3-7(2)10-6-8-4-5-9(14-8)11(12)13/h1,4-5,7,10H,6H2,2H3. The van der Waals surface area contributed by atoms with Crippen molar-refractivity contribution >= 4 is 5.88 Å². The fraction of sp³-hybridized carbons (Fsp3) is 0.333. The molecule has 0 fully saturated rings. The molecule has 1 unspecified atom stereocenters. The number of furan rings is 1. The third-order valence-corrected chi connectivity index (χ3v) is 1.66. The molecule has 0 aliphatic carbocycles. The van der Waals surface area contributed by atoms with Gasteiger partial charge in [-0.3, -0.25) is 15.4 Å². The van der Waals surface area contributed by atoms with Crippen LogP contribution < -0.4 is 5.32 Å². The minimum atomic E-state index is -0.575. The van der Waals surface area contributed by atoms with Crippen molar-refractivity contribution < 1.29 is 9.34 Å². The number of hydrogen-bond donors (Lipinski definition) is 1. The van der Waals surface area contributed by atoms with Gasteiger partial charge in [-0.05, 0) is 13.0 Å². The summed E-state index contributed by atoms with van der Waals surface area (Å²) in [5.74, 6) is 2.72. The van der Waals surface area contributed by atoms with E-state index in [-0.39, 0.29) is 11.9 Å². The molecule has 0 aliphatic rings. The van der Waals surface area contributed by atoms with Gasteiger partial charge in [0.05, 0.1) is 18.7 Å². The molecule has 74 valence electrons. The predicted octanol–water partition coefficient (Wildman–Crippen LogP) is 1.30. The maximum atomic E-state index is 10.3. The van der Waals surface area contributed by atoms with Crippen molar-refractivity contribution in [3.63, 3.8) is 0 Å². The van der Waals surface area contributed by atoms with Crippen molar-refractivity contribution in [1.82, 2.24) is 5.32 Å². The molecule has 0 aliphatic heterocycles. The molecule has 1 aromatic rings. The summed E-state index contributed by atoms with van der Waals surface area (Å²) in [6, 6.07) is 2.78. The number of terminal acetylenes is 1. The van der Waals surface area contributed by atoms with E-state index in [1.54, 1.807) is 6.07 Å². The van der Waals surface area contributed by atoms with Gasteiger partial charge in [-0.1, -0.05) is 5.92 Å². The van der Waals surface area contributed by atoms with Crippen LogP contribution in [0.2, 0.25) is 0 Å². The first-order valence-corrected chi connectivity index (χ1v) is 4.06. The molecule has 0 saturated heterocycles. The van der Waals surface area contributed by atoms with E-state index in [4.69, 9.17) is 10.8 Å². The normalized spacial score (nSPS) is 12.0. The van der Waals surface area contributed by atoms with Gasteiger partial charge in [-0.25, -0.2) is 0 Å². The highest BCUT2D eigenvalue weighted by Gasteiger charge is 2.11. The molecule has 0 saturated carbocycles. The van der Waals surface area contributed by atoms with Gasteiger partial charge >= 0.3 is 5.88 Å². The van der Waals surface area contributed by atoms with Gasteiger partial charge in [0, 0.05) is 0 Å². The maximum absolute atomic E-state index is 10.3. The highest BCUT2D eigenvalue weighted by Crippen LogP contribution is 2.15. The van der Waals surface area contributed by atoms with Crippen LogP contribution in [0.1, 0.15) is 12.7 Å². The van der Waals surface area contributed by atoms with Crippen LogP contribution in [0.15, 0.2) is 16.5 Å². The zero-order chi connectivity index (χ0) is 10.6. The smallest absolute Gasteiger partial charge is 0.404 e. The minimum Gasteiger partial charge on any atom is -0.404 e. The van der Waals surface area contributed by atoms with Crippen molar-refractivity contribution in [1.29, 1.82) is 0 Å². The van der Waals surface area contributed by atoms with E-state index < -0.39 is 4.92 Å². The molecule has 5 heteroatoms. The van der Waals surface area contributed by atoms with E-state index in [2.05, 4.69) is 11.2 Å². The Morgan fingerprint density at radius 1 is 1.79 bits per heavy atom. The van der Waals surface area contributed by atoms with Crippen molar-refractivity contribution in [3.05, 3.63) is 28.0 Å². The molecule has 1 aromatic heterocycles. The Morgan fingerprint density at radius 3 is 3.00 bits per heavy atom. The molecular formula is C9H10N2O3. The summed E-state index contributed by atoms with van der Waals surface area (Å²) in [5.41, 5.74) is 0. The number of hydrogen-bond acceptors (Lipinski definition) is 4. The van der Waals surface area contributed by atoms with Gasteiger partial charge in [0.25, 0.3) is 0 Å². The molecule has 5 nitrogen and oxygen atoms in total. The summed E-state index contributed by atoms with van der Waals surface area (Å²) in [4.78, 5) is 9.69. The molecule has 0 amide bonds. The lowest BCUT2D eigenvalue weighted by atomic mass is 10.3. The summed E-state index contributed by atoms with van der Waals surface area (Å²) in [5, 5.41) is 13.2. The zero-order valence-electron chi connectivity index (χ0n) is 7.69. The molecular weight excluding hydrogens is 184 g/mol. The average molecular weight is 194 g/mol. The number of nitrogens with zero attached hydrogens (tertiary/aromatic N) is 1. The predicted molar refractivity (Wildman–Crippen MR) is 50.5 cm³/mol. The van der Waals surface area contributed by atoms with E-state index in [0.717, 1.165) is 0 Å². The Kier molecular flexibility index (Phi) is 3.26. The van der Waals surface area contributed by atoms with Crippen LogP contribution in [0.3, 0.4) is 0 Å². The van der Waals surface area contributed by atoms with E-state index in [0.29, 0.717) is 12.3 Å². The Labute approximate surface area is 81.3 Å². The van der Waals surface area contributed by atoms with Gasteiger partial charge < -0.3 is 4.42 Å². The molecule has 0 aromatic carbocycles. The second-order valence-electron chi connectivity index (χ2n) is 2.77. The zero-order valence-corrected chi connectivity index (χ0v) is 7.69. The first kappa shape index (κ1) is 10.3. The Morgan fingerprint density at radius 2 is 2.50 bits per heavy atom. The molecule has 1 heterocycles. The quantitative estimate of drug-likeness (QED) is 0.445. The van der Waals surface area contributed by atoms with Crippen molar-refractivity contribution in [2.24, 2.45) is 0 Å². The highest BCUT2D eigenvalue weighted by molar-refractivity contribution is 5.17. The Hall–Kier alpha value is -1.80. The molecule has 1 N–H and O–H groups in total. The summed E-state index contributed by atoms with van der Waals surface area (Å²) in [7, 11) is 0. The molecule has 14 heavy (non-hydrogen) atoms. The van der Waals surface area contributed by atoms with Crippen molar-refractivity contribution in [2.45, 2.75) is 19.5 Å². The molecule has 1 rings (SSSR count). The highest BCUT2D eigenvalue weighted by atomic mass is 16.6. The first-order chi connectivity index (χ1) is 6.63. The van der Waals surface area contributed by atoms with Crippen LogP contribution >= 0.6 is 0 Å². The van der Waals surface area contributed by atoms with Gasteiger partial charge in [0.1, 0.15) is 10.7 Å². The topological polar surface area (TPSA) is 68.3 Å². The van der Waals surface area contributed by atoms with Crippen LogP contribution in [-0.4, -0.2) is 11.0 Å². The van der Waals surface area contributed by atoms with E-state index in [1.165, 1.54) is 6.07 Å². The third-order valence-electron chi connectivity index (χ3n) is 1.66. The minimum absolute atomic E-state index is 0.0841. The summed E-state index contributed by atoms with van der Waals surface area (Å²) >= 11 is 0.